The average molecular weight is 266 g/mol. The van der Waals surface area contributed by atoms with Crippen LogP contribution in [0.5, 0.6) is 0 Å². The Morgan fingerprint density at radius 1 is 1.47 bits per heavy atom. The van der Waals surface area contributed by atoms with Crippen molar-refractivity contribution in [1.29, 1.82) is 0 Å². The van der Waals surface area contributed by atoms with Crippen LogP contribution >= 0.6 is 15.9 Å². The molecule has 2 rings (SSSR count). The molecule has 0 N–H and O–H groups in total. The van der Waals surface area contributed by atoms with Crippen molar-refractivity contribution in [2.75, 3.05) is 11.4 Å². The molecule has 0 saturated carbocycles. The van der Waals surface area contributed by atoms with Crippen LogP contribution in [0.4, 0.5) is 5.69 Å². The summed E-state index contributed by atoms with van der Waals surface area (Å²) in [5.74, 6) is 0.455. The van der Waals surface area contributed by atoms with Gasteiger partial charge in [-0.25, -0.2) is 0 Å². The zero-order valence-electron chi connectivity index (χ0n) is 8.32. The lowest BCUT2D eigenvalue weighted by molar-refractivity contribution is -0.117. The first-order chi connectivity index (χ1) is 7.22. The Bertz CT molecular complexity index is 402. The normalized spacial score (nSPS) is 20.7. The first-order valence-corrected chi connectivity index (χ1v) is 5.69. The van der Waals surface area contributed by atoms with Crippen molar-refractivity contribution >= 4 is 27.5 Å². The molecule has 1 amide bonds. The van der Waals surface area contributed by atoms with Crippen LogP contribution in [0.25, 0.3) is 0 Å². The van der Waals surface area contributed by atoms with Crippen molar-refractivity contribution in [3.05, 3.63) is 41.4 Å². The van der Waals surface area contributed by atoms with Gasteiger partial charge >= 0.3 is 0 Å². The van der Waals surface area contributed by atoms with E-state index < -0.39 is 0 Å². The van der Waals surface area contributed by atoms with Crippen molar-refractivity contribution in [3.8, 4) is 0 Å². The fourth-order valence-corrected chi connectivity index (χ4v) is 2.30. The van der Waals surface area contributed by atoms with Crippen LogP contribution in [-0.2, 0) is 4.79 Å². The maximum Gasteiger partial charge on any atom is 0.227 e. The van der Waals surface area contributed by atoms with Crippen molar-refractivity contribution in [2.45, 2.75) is 6.42 Å². The molecular weight excluding hydrogens is 254 g/mol. The van der Waals surface area contributed by atoms with Crippen molar-refractivity contribution in [3.63, 3.8) is 0 Å². The number of carbonyl (C=O) groups is 1. The molecule has 1 heterocycles. The second kappa shape index (κ2) is 4.19. The Morgan fingerprint density at radius 2 is 2.20 bits per heavy atom. The molecule has 1 atom stereocenters. The summed E-state index contributed by atoms with van der Waals surface area (Å²) in [6, 6.07) is 7.78. The van der Waals surface area contributed by atoms with Gasteiger partial charge in [0, 0.05) is 23.4 Å². The van der Waals surface area contributed by atoms with Crippen LogP contribution in [0.2, 0.25) is 0 Å². The Labute approximate surface area is 97.7 Å². The van der Waals surface area contributed by atoms with Crippen LogP contribution in [-0.4, -0.2) is 12.5 Å². The summed E-state index contributed by atoms with van der Waals surface area (Å²) in [5.41, 5.74) is 0.951. The summed E-state index contributed by atoms with van der Waals surface area (Å²) >= 11 is 3.46. The number of anilines is 1. The topological polar surface area (TPSA) is 20.3 Å². The number of para-hydroxylation sites is 1. The molecule has 2 nitrogen and oxygen atoms in total. The summed E-state index contributed by atoms with van der Waals surface area (Å²) in [4.78, 5) is 13.6. The second-order valence-electron chi connectivity index (χ2n) is 3.66. The lowest BCUT2D eigenvalue weighted by atomic mass is 10.1. The van der Waals surface area contributed by atoms with Gasteiger partial charge in [0.25, 0.3) is 0 Å². The first kappa shape index (κ1) is 10.4. The predicted octanol–water partition coefficient (Wildman–Crippen LogP) is 2.99. The fourth-order valence-electron chi connectivity index (χ4n) is 1.80. The van der Waals surface area contributed by atoms with E-state index in [1.54, 1.807) is 0 Å². The molecular formula is C12H12BrNO. The molecule has 1 fully saturated rings. The van der Waals surface area contributed by atoms with Crippen LogP contribution < -0.4 is 4.90 Å². The first-order valence-electron chi connectivity index (χ1n) is 4.90. The van der Waals surface area contributed by atoms with Gasteiger partial charge in [-0.05, 0) is 28.1 Å². The highest BCUT2D eigenvalue weighted by Crippen LogP contribution is 2.31. The molecule has 1 aromatic rings. The van der Waals surface area contributed by atoms with Gasteiger partial charge in [0.1, 0.15) is 0 Å². The van der Waals surface area contributed by atoms with E-state index in [0.29, 0.717) is 6.42 Å². The lowest BCUT2D eigenvalue weighted by Gasteiger charge is -2.17. The van der Waals surface area contributed by atoms with E-state index in [1.165, 1.54) is 0 Å². The summed E-state index contributed by atoms with van der Waals surface area (Å²) in [6.07, 6.45) is 2.43. The highest BCUT2D eigenvalue weighted by atomic mass is 79.9. The maximum atomic E-state index is 11.8. The number of benzene rings is 1. The van der Waals surface area contributed by atoms with Crippen LogP contribution in [0, 0.1) is 5.92 Å². The van der Waals surface area contributed by atoms with Crippen LogP contribution in [0.15, 0.2) is 41.4 Å². The molecule has 0 spiro atoms. The molecule has 15 heavy (non-hydrogen) atoms. The lowest BCUT2D eigenvalue weighted by Crippen LogP contribution is -2.24. The summed E-state index contributed by atoms with van der Waals surface area (Å²) in [5, 5.41) is 0. The van der Waals surface area contributed by atoms with Gasteiger partial charge in [0.15, 0.2) is 0 Å². The van der Waals surface area contributed by atoms with Crippen LogP contribution in [0.3, 0.4) is 0 Å². The van der Waals surface area contributed by atoms with Gasteiger partial charge in [-0.15, -0.1) is 6.58 Å². The van der Waals surface area contributed by atoms with E-state index in [9.17, 15) is 4.79 Å². The van der Waals surface area contributed by atoms with Gasteiger partial charge < -0.3 is 4.90 Å². The molecule has 0 radical (unpaired) electrons. The monoisotopic (exact) mass is 265 g/mol. The van der Waals surface area contributed by atoms with Crippen molar-refractivity contribution in [2.24, 2.45) is 5.92 Å². The van der Waals surface area contributed by atoms with E-state index in [4.69, 9.17) is 0 Å². The zero-order valence-corrected chi connectivity index (χ0v) is 9.90. The zero-order chi connectivity index (χ0) is 10.8. The fraction of sp³-hybridized carbons (Fsp3) is 0.250. The Morgan fingerprint density at radius 3 is 2.80 bits per heavy atom. The van der Waals surface area contributed by atoms with E-state index in [1.807, 2.05) is 35.2 Å². The third-order valence-corrected chi connectivity index (χ3v) is 3.30. The van der Waals surface area contributed by atoms with Gasteiger partial charge in [0.05, 0.1) is 5.69 Å². The van der Waals surface area contributed by atoms with E-state index in [2.05, 4.69) is 22.5 Å². The van der Waals surface area contributed by atoms with Crippen molar-refractivity contribution in [1.82, 2.24) is 0 Å². The number of amides is 1. The highest BCUT2D eigenvalue weighted by Gasteiger charge is 2.29. The van der Waals surface area contributed by atoms with E-state index in [0.717, 1.165) is 16.7 Å². The molecule has 0 aromatic heterocycles. The smallest absolute Gasteiger partial charge is 0.227 e. The SMILES string of the molecule is C=CC1CC(=O)N(c2ccccc2Br)C1. The maximum absolute atomic E-state index is 11.8. The quantitative estimate of drug-likeness (QED) is 0.753. The summed E-state index contributed by atoms with van der Waals surface area (Å²) in [6.45, 7) is 4.48. The number of hydrogen-bond donors (Lipinski definition) is 0. The third-order valence-electron chi connectivity index (χ3n) is 2.63. The minimum Gasteiger partial charge on any atom is -0.311 e. The molecule has 1 aromatic carbocycles. The summed E-state index contributed by atoms with van der Waals surface area (Å²) < 4.78 is 0.961. The minimum atomic E-state index is 0.173. The van der Waals surface area contributed by atoms with Gasteiger partial charge in [-0.1, -0.05) is 18.2 Å². The van der Waals surface area contributed by atoms with E-state index >= 15 is 0 Å². The summed E-state index contributed by atoms with van der Waals surface area (Å²) in [7, 11) is 0. The number of nitrogens with zero attached hydrogens (tertiary/aromatic N) is 1. The molecule has 1 aliphatic heterocycles. The Kier molecular flexibility index (Phi) is 2.91. The molecule has 1 aliphatic rings. The molecule has 0 aliphatic carbocycles. The van der Waals surface area contributed by atoms with Gasteiger partial charge in [-0.2, -0.15) is 0 Å². The molecule has 1 unspecified atom stereocenters. The molecule has 78 valence electrons. The largest absolute Gasteiger partial charge is 0.311 e. The molecule has 1 saturated heterocycles. The standard InChI is InChI=1S/C12H12BrNO/c1-2-9-7-12(15)14(8-9)11-6-4-3-5-10(11)13/h2-6,9H,1,7-8H2. The number of rotatable bonds is 2. The number of hydrogen-bond acceptors (Lipinski definition) is 1. The molecule has 0 bridgehead atoms. The molecule has 3 heteroatoms. The predicted molar refractivity (Wildman–Crippen MR) is 64.8 cm³/mol. The van der Waals surface area contributed by atoms with Gasteiger partial charge in [-0.3, -0.25) is 4.79 Å². The average Bonchev–Trinajstić information content (AvgIpc) is 2.60. The van der Waals surface area contributed by atoms with Crippen molar-refractivity contribution < 1.29 is 4.79 Å². The Balaban J connectivity index is 2.29. The number of carbonyl (C=O) groups excluding carboxylic acids is 1. The number of halogens is 1. The van der Waals surface area contributed by atoms with Crippen LogP contribution in [0.1, 0.15) is 6.42 Å². The minimum absolute atomic E-state index is 0.173. The Hall–Kier alpha value is -1.09. The highest BCUT2D eigenvalue weighted by molar-refractivity contribution is 9.10. The third kappa shape index (κ3) is 1.97. The second-order valence-corrected chi connectivity index (χ2v) is 4.51. The van der Waals surface area contributed by atoms with Gasteiger partial charge in [0.2, 0.25) is 5.91 Å². The van der Waals surface area contributed by atoms with E-state index in [-0.39, 0.29) is 11.8 Å².